The van der Waals surface area contributed by atoms with Crippen molar-refractivity contribution in [2.75, 3.05) is 25.9 Å². The fourth-order valence-corrected chi connectivity index (χ4v) is 2.50. The zero-order valence-electron chi connectivity index (χ0n) is 10.9. The van der Waals surface area contributed by atoms with Gasteiger partial charge >= 0.3 is 6.18 Å². The Morgan fingerprint density at radius 3 is 2.47 bits per heavy atom. The van der Waals surface area contributed by atoms with E-state index in [4.69, 9.17) is 5.73 Å². The van der Waals surface area contributed by atoms with E-state index in [1.54, 1.807) is 11.8 Å². The van der Waals surface area contributed by atoms with Gasteiger partial charge in [-0.05, 0) is 32.1 Å². The Bertz CT molecular complexity index is 357. The van der Waals surface area contributed by atoms with Gasteiger partial charge in [-0.25, -0.2) is 0 Å². The molecule has 0 saturated heterocycles. The first-order chi connectivity index (χ1) is 8.87. The molecule has 0 aliphatic carbocycles. The van der Waals surface area contributed by atoms with Crippen LogP contribution < -0.4 is 5.73 Å². The highest BCUT2D eigenvalue weighted by Gasteiger charge is 2.28. The highest BCUT2D eigenvalue weighted by Crippen LogP contribution is 2.19. The average molecular weight is 292 g/mol. The zero-order valence-corrected chi connectivity index (χ0v) is 11.7. The second-order valence-electron chi connectivity index (χ2n) is 4.53. The van der Waals surface area contributed by atoms with Crippen molar-refractivity contribution in [2.45, 2.75) is 23.5 Å². The predicted octanol–water partition coefficient (Wildman–Crippen LogP) is 2.99. The second kappa shape index (κ2) is 7.77. The number of benzene rings is 1. The molecule has 0 aliphatic heterocycles. The van der Waals surface area contributed by atoms with Crippen molar-refractivity contribution in [3.63, 3.8) is 0 Å². The molecule has 0 radical (unpaired) electrons. The van der Waals surface area contributed by atoms with Crippen molar-refractivity contribution in [3.05, 3.63) is 30.3 Å². The minimum Gasteiger partial charge on any atom is -0.327 e. The van der Waals surface area contributed by atoms with E-state index < -0.39 is 12.7 Å². The molecule has 2 nitrogen and oxygen atoms in total. The lowest BCUT2D eigenvalue weighted by atomic mass is 10.2. The molecule has 0 aromatic heterocycles. The second-order valence-corrected chi connectivity index (χ2v) is 5.62. The molecule has 0 saturated carbocycles. The van der Waals surface area contributed by atoms with Gasteiger partial charge in [-0.1, -0.05) is 18.2 Å². The number of hydrogen-bond donors (Lipinski definition) is 1. The number of nitrogens with two attached hydrogens (primary N) is 1. The smallest absolute Gasteiger partial charge is 0.327 e. The van der Waals surface area contributed by atoms with Gasteiger partial charge < -0.3 is 5.73 Å². The summed E-state index contributed by atoms with van der Waals surface area (Å²) in [4.78, 5) is 2.38. The third-order valence-electron chi connectivity index (χ3n) is 2.54. The van der Waals surface area contributed by atoms with Gasteiger partial charge in [0.2, 0.25) is 0 Å². The van der Waals surface area contributed by atoms with Crippen LogP contribution in [0, 0.1) is 0 Å². The Morgan fingerprint density at radius 2 is 1.89 bits per heavy atom. The highest BCUT2D eigenvalue weighted by molar-refractivity contribution is 7.99. The van der Waals surface area contributed by atoms with Gasteiger partial charge in [0.1, 0.15) is 0 Å². The highest BCUT2D eigenvalue weighted by atomic mass is 32.2. The van der Waals surface area contributed by atoms with Crippen molar-refractivity contribution < 1.29 is 13.2 Å². The molecule has 1 aromatic carbocycles. The summed E-state index contributed by atoms with van der Waals surface area (Å²) in [6.07, 6.45) is -3.58. The molecular weight excluding hydrogens is 273 g/mol. The molecule has 0 unspecified atom stereocenters. The molecule has 0 spiro atoms. The molecule has 0 aliphatic rings. The van der Waals surface area contributed by atoms with E-state index in [0.717, 1.165) is 4.90 Å². The lowest BCUT2D eigenvalue weighted by Crippen LogP contribution is -2.35. The largest absolute Gasteiger partial charge is 0.401 e. The fourth-order valence-electron chi connectivity index (χ4n) is 1.57. The lowest BCUT2D eigenvalue weighted by Gasteiger charge is -2.20. The molecule has 0 heterocycles. The Kier molecular flexibility index (Phi) is 6.68. The van der Waals surface area contributed by atoms with Gasteiger partial charge in [0, 0.05) is 16.7 Å². The first-order valence-corrected chi connectivity index (χ1v) is 7.04. The molecule has 0 fully saturated rings. The van der Waals surface area contributed by atoms with Crippen LogP contribution in [0.3, 0.4) is 0 Å². The summed E-state index contributed by atoms with van der Waals surface area (Å²) in [6.45, 7) is -0.526. The monoisotopic (exact) mass is 292 g/mol. The summed E-state index contributed by atoms with van der Waals surface area (Å²) in [5.41, 5.74) is 5.90. The first-order valence-electron chi connectivity index (χ1n) is 6.05. The van der Waals surface area contributed by atoms with Crippen LogP contribution in [0.2, 0.25) is 0 Å². The van der Waals surface area contributed by atoms with Gasteiger partial charge in [-0.3, -0.25) is 4.90 Å². The van der Waals surface area contributed by atoms with Crippen molar-refractivity contribution in [2.24, 2.45) is 5.73 Å². The van der Waals surface area contributed by atoms with E-state index in [1.165, 1.54) is 11.9 Å². The van der Waals surface area contributed by atoms with Crippen LogP contribution in [0.1, 0.15) is 6.42 Å². The van der Waals surface area contributed by atoms with E-state index >= 15 is 0 Å². The van der Waals surface area contributed by atoms with Crippen LogP contribution in [-0.4, -0.2) is 43.0 Å². The summed E-state index contributed by atoms with van der Waals surface area (Å²) < 4.78 is 36.4. The average Bonchev–Trinajstić information content (AvgIpc) is 2.33. The van der Waals surface area contributed by atoms with Crippen LogP contribution in [0.25, 0.3) is 0 Å². The van der Waals surface area contributed by atoms with Crippen molar-refractivity contribution in [1.29, 1.82) is 0 Å². The van der Waals surface area contributed by atoms with Crippen molar-refractivity contribution >= 4 is 11.8 Å². The summed E-state index contributed by atoms with van der Waals surface area (Å²) >= 11 is 1.63. The van der Waals surface area contributed by atoms with Gasteiger partial charge in [-0.2, -0.15) is 13.2 Å². The molecule has 0 bridgehead atoms. The number of nitrogens with zero attached hydrogens (tertiary/aromatic N) is 1. The molecule has 6 heteroatoms. The maximum absolute atomic E-state index is 12.1. The van der Waals surface area contributed by atoms with E-state index in [9.17, 15) is 13.2 Å². The number of halogens is 3. The van der Waals surface area contributed by atoms with Gasteiger partial charge in [0.15, 0.2) is 0 Å². The summed E-state index contributed by atoms with van der Waals surface area (Å²) in [7, 11) is 1.46. The van der Waals surface area contributed by atoms with Crippen molar-refractivity contribution in [1.82, 2.24) is 4.90 Å². The Labute approximate surface area is 116 Å². The molecule has 108 valence electrons. The predicted molar refractivity (Wildman–Crippen MR) is 73.3 cm³/mol. The minimum atomic E-state index is -4.14. The van der Waals surface area contributed by atoms with E-state index in [2.05, 4.69) is 0 Å². The van der Waals surface area contributed by atoms with Crippen LogP contribution in [0.15, 0.2) is 35.2 Å². The Balaban J connectivity index is 2.19. The number of hydrogen-bond acceptors (Lipinski definition) is 3. The maximum Gasteiger partial charge on any atom is 0.401 e. The molecule has 1 atom stereocenters. The third kappa shape index (κ3) is 8.13. The first kappa shape index (κ1) is 16.3. The molecule has 19 heavy (non-hydrogen) atoms. The topological polar surface area (TPSA) is 29.3 Å². The Hall–Kier alpha value is -0.720. The third-order valence-corrected chi connectivity index (χ3v) is 3.74. The molecule has 0 amide bonds. The zero-order chi connectivity index (χ0) is 14.3. The molecule has 1 aromatic rings. The van der Waals surface area contributed by atoms with Crippen LogP contribution in [-0.2, 0) is 0 Å². The molecular formula is C13H19F3N2S. The van der Waals surface area contributed by atoms with E-state index in [1.807, 2.05) is 30.3 Å². The van der Waals surface area contributed by atoms with Crippen LogP contribution in [0.5, 0.6) is 0 Å². The van der Waals surface area contributed by atoms with Gasteiger partial charge in [-0.15, -0.1) is 11.8 Å². The lowest BCUT2D eigenvalue weighted by molar-refractivity contribution is -0.143. The number of alkyl halides is 3. The van der Waals surface area contributed by atoms with Gasteiger partial charge in [0.05, 0.1) is 6.54 Å². The minimum absolute atomic E-state index is 0.0964. The maximum atomic E-state index is 12.1. The van der Waals surface area contributed by atoms with Crippen molar-refractivity contribution in [3.8, 4) is 0 Å². The fraction of sp³-hybridized carbons (Fsp3) is 0.538. The SMILES string of the molecule is CN(CC[C@@H](N)CSc1ccccc1)CC(F)(F)F. The van der Waals surface area contributed by atoms with Crippen LogP contribution in [0.4, 0.5) is 13.2 Å². The Morgan fingerprint density at radius 1 is 1.26 bits per heavy atom. The number of thioether (sulfide) groups is 1. The van der Waals surface area contributed by atoms with E-state index in [-0.39, 0.29) is 6.04 Å². The quantitative estimate of drug-likeness (QED) is 0.783. The van der Waals surface area contributed by atoms with E-state index in [0.29, 0.717) is 18.7 Å². The normalized spacial score (nSPS) is 13.8. The molecule has 2 N–H and O–H groups in total. The van der Waals surface area contributed by atoms with Crippen LogP contribution >= 0.6 is 11.8 Å². The van der Waals surface area contributed by atoms with Gasteiger partial charge in [0.25, 0.3) is 0 Å². The summed E-state index contributed by atoms with van der Waals surface area (Å²) in [6, 6.07) is 9.73. The number of rotatable bonds is 7. The molecule has 1 rings (SSSR count). The summed E-state index contributed by atoms with van der Waals surface area (Å²) in [5.74, 6) is 0.712. The standard InChI is InChI=1S/C13H19F3N2S/c1-18(10-13(14,15)16)8-7-11(17)9-19-12-5-3-2-4-6-12/h2-6,11H,7-10,17H2,1H3/t11-/m1/s1. The summed E-state index contributed by atoms with van der Waals surface area (Å²) in [5, 5.41) is 0.